The van der Waals surface area contributed by atoms with Crippen LogP contribution in [0.25, 0.3) is 0 Å². The molecule has 1 spiro atoms. The summed E-state index contributed by atoms with van der Waals surface area (Å²) in [5.41, 5.74) is 2.10. The van der Waals surface area contributed by atoms with Crippen molar-refractivity contribution in [3.05, 3.63) is 35.4 Å². The van der Waals surface area contributed by atoms with Crippen LogP contribution >= 0.6 is 0 Å². The standard InChI is InChI=1S/C22H33N3O2/c1-18-6-8-19(9-7-18)20(26)5-4-13-25-16-15-24(3)22(17-25)11-10-21(27)23(2)14-12-22/h6-9H,4-5,10-17H2,1-3H3/t22-/m0/s1. The van der Waals surface area contributed by atoms with Crippen LogP contribution in [0.1, 0.15) is 48.0 Å². The summed E-state index contributed by atoms with van der Waals surface area (Å²) in [5, 5.41) is 0. The number of Topliss-reactive ketones (excluding diaryl/α,β-unsaturated/α-hetero) is 1. The number of hydrogen-bond acceptors (Lipinski definition) is 4. The number of aryl methyl sites for hydroxylation is 1. The molecule has 2 aliphatic heterocycles. The molecule has 1 amide bonds. The van der Waals surface area contributed by atoms with Crippen molar-refractivity contribution in [1.82, 2.24) is 14.7 Å². The number of rotatable bonds is 5. The highest BCUT2D eigenvalue weighted by Crippen LogP contribution is 2.31. The summed E-state index contributed by atoms with van der Waals surface area (Å²) in [6, 6.07) is 7.87. The maximum absolute atomic E-state index is 12.4. The van der Waals surface area contributed by atoms with Crippen molar-refractivity contribution in [3.8, 4) is 0 Å². The Hall–Kier alpha value is -1.72. The highest BCUT2D eigenvalue weighted by Gasteiger charge is 2.41. The smallest absolute Gasteiger partial charge is 0.222 e. The molecule has 2 aliphatic rings. The zero-order valence-corrected chi connectivity index (χ0v) is 17.0. The Bertz CT molecular complexity index is 673. The normalized spacial score (nSPS) is 25.0. The largest absolute Gasteiger partial charge is 0.346 e. The average molecular weight is 372 g/mol. The van der Waals surface area contributed by atoms with Crippen LogP contribution in [0.2, 0.25) is 0 Å². The third kappa shape index (κ3) is 4.77. The Morgan fingerprint density at radius 2 is 1.81 bits per heavy atom. The number of carbonyl (C=O) groups excluding carboxylic acids is 2. The lowest BCUT2D eigenvalue weighted by Crippen LogP contribution is -2.61. The van der Waals surface area contributed by atoms with E-state index in [9.17, 15) is 9.59 Å². The van der Waals surface area contributed by atoms with Gasteiger partial charge in [0.1, 0.15) is 0 Å². The molecule has 0 N–H and O–H groups in total. The molecule has 5 heteroatoms. The Morgan fingerprint density at radius 3 is 2.56 bits per heavy atom. The van der Waals surface area contributed by atoms with Gasteiger partial charge in [0.25, 0.3) is 0 Å². The van der Waals surface area contributed by atoms with Crippen LogP contribution in [0.5, 0.6) is 0 Å². The van der Waals surface area contributed by atoms with E-state index in [4.69, 9.17) is 0 Å². The minimum Gasteiger partial charge on any atom is -0.346 e. The van der Waals surface area contributed by atoms with E-state index in [0.29, 0.717) is 12.8 Å². The number of likely N-dealkylation sites (N-methyl/N-ethyl adjacent to an activating group) is 1. The van der Waals surface area contributed by atoms with E-state index < -0.39 is 0 Å². The monoisotopic (exact) mass is 371 g/mol. The minimum absolute atomic E-state index is 0.0969. The SMILES string of the molecule is Cc1ccc(C(=O)CCCN2CCN(C)[C@]3(CCC(=O)N(C)CC3)C2)cc1. The number of ketones is 1. The summed E-state index contributed by atoms with van der Waals surface area (Å²) < 4.78 is 0. The minimum atomic E-state index is 0.0969. The second kappa shape index (κ2) is 8.53. The first-order valence-electron chi connectivity index (χ1n) is 10.2. The second-order valence-corrected chi connectivity index (χ2v) is 8.38. The van der Waals surface area contributed by atoms with Gasteiger partial charge in [-0.25, -0.2) is 0 Å². The van der Waals surface area contributed by atoms with Crippen molar-refractivity contribution < 1.29 is 9.59 Å². The lowest BCUT2D eigenvalue weighted by atomic mass is 9.86. The predicted molar refractivity (Wildman–Crippen MR) is 108 cm³/mol. The Kier molecular flexibility index (Phi) is 6.33. The van der Waals surface area contributed by atoms with Crippen LogP contribution in [-0.4, -0.2) is 78.7 Å². The van der Waals surface area contributed by atoms with Crippen LogP contribution < -0.4 is 0 Å². The van der Waals surface area contributed by atoms with Crippen LogP contribution in [-0.2, 0) is 4.79 Å². The summed E-state index contributed by atoms with van der Waals surface area (Å²) in [6.07, 6.45) is 4.10. The zero-order valence-electron chi connectivity index (χ0n) is 17.0. The van der Waals surface area contributed by atoms with Gasteiger partial charge in [0.2, 0.25) is 5.91 Å². The molecule has 0 unspecified atom stereocenters. The van der Waals surface area contributed by atoms with Gasteiger partial charge in [-0.05, 0) is 39.8 Å². The van der Waals surface area contributed by atoms with E-state index in [1.54, 1.807) is 0 Å². The lowest BCUT2D eigenvalue weighted by Gasteiger charge is -2.49. The molecule has 0 bridgehead atoms. The second-order valence-electron chi connectivity index (χ2n) is 8.38. The van der Waals surface area contributed by atoms with Gasteiger partial charge in [0.05, 0.1) is 0 Å². The first kappa shape index (κ1) is 20.0. The lowest BCUT2D eigenvalue weighted by molar-refractivity contribution is -0.129. The Balaban J connectivity index is 1.53. The highest BCUT2D eigenvalue weighted by atomic mass is 16.2. The summed E-state index contributed by atoms with van der Waals surface area (Å²) in [5.74, 6) is 0.502. The first-order chi connectivity index (χ1) is 12.9. The van der Waals surface area contributed by atoms with E-state index in [0.717, 1.165) is 57.5 Å². The summed E-state index contributed by atoms with van der Waals surface area (Å²) >= 11 is 0. The molecule has 1 atom stereocenters. The van der Waals surface area contributed by atoms with Gasteiger partial charge in [-0.2, -0.15) is 0 Å². The third-order valence-electron chi connectivity index (χ3n) is 6.47. The maximum Gasteiger partial charge on any atom is 0.222 e. The molecule has 0 saturated carbocycles. The van der Waals surface area contributed by atoms with Crippen LogP contribution in [0.4, 0.5) is 0 Å². The molecule has 2 heterocycles. The van der Waals surface area contributed by atoms with Gasteiger partial charge in [-0.1, -0.05) is 29.8 Å². The van der Waals surface area contributed by atoms with Crippen molar-refractivity contribution >= 4 is 11.7 Å². The Labute approximate surface area is 163 Å². The topological polar surface area (TPSA) is 43.9 Å². The molecular weight excluding hydrogens is 338 g/mol. The number of piperazine rings is 1. The number of carbonyl (C=O) groups is 2. The van der Waals surface area contributed by atoms with Crippen molar-refractivity contribution in [3.63, 3.8) is 0 Å². The molecule has 0 aromatic heterocycles. The molecule has 1 aromatic rings. The van der Waals surface area contributed by atoms with Crippen molar-refractivity contribution in [2.24, 2.45) is 0 Å². The quantitative estimate of drug-likeness (QED) is 0.746. The van der Waals surface area contributed by atoms with Gasteiger partial charge in [0.15, 0.2) is 5.78 Å². The fourth-order valence-electron chi connectivity index (χ4n) is 4.38. The molecule has 0 radical (unpaired) electrons. The van der Waals surface area contributed by atoms with Crippen LogP contribution in [0, 0.1) is 6.92 Å². The van der Waals surface area contributed by atoms with Crippen molar-refractivity contribution in [1.29, 1.82) is 0 Å². The van der Waals surface area contributed by atoms with Gasteiger partial charge in [-0.15, -0.1) is 0 Å². The van der Waals surface area contributed by atoms with Crippen molar-refractivity contribution in [2.45, 2.75) is 44.6 Å². The summed E-state index contributed by atoms with van der Waals surface area (Å²) in [6.45, 7) is 6.91. The van der Waals surface area contributed by atoms with E-state index >= 15 is 0 Å². The predicted octanol–water partition coefficient (Wildman–Crippen LogP) is 2.59. The van der Waals surface area contributed by atoms with Gasteiger partial charge < -0.3 is 9.80 Å². The number of benzene rings is 1. The fourth-order valence-corrected chi connectivity index (χ4v) is 4.38. The first-order valence-corrected chi connectivity index (χ1v) is 10.2. The summed E-state index contributed by atoms with van der Waals surface area (Å²) in [7, 11) is 4.12. The molecular formula is C22H33N3O2. The van der Waals surface area contributed by atoms with E-state index in [1.165, 1.54) is 5.56 Å². The molecule has 5 nitrogen and oxygen atoms in total. The van der Waals surface area contributed by atoms with Gasteiger partial charge in [-0.3, -0.25) is 14.5 Å². The number of amides is 1. The zero-order chi connectivity index (χ0) is 19.4. The third-order valence-corrected chi connectivity index (χ3v) is 6.47. The van der Waals surface area contributed by atoms with Crippen LogP contribution in [0.3, 0.4) is 0 Å². The number of likely N-dealkylation sites (tertiary alicyclic amines) is 1. The highest BCUT2D eigenvalue weighted by molar-refractivity contribution is 5.96. The molecule has 1 aromatic carbocycles. The van der Waals surface area contributed by atoms with Crippen molar-refractivity contribution in [2.75, 3.05) is 46.8 Å². The van der Waals surface area contributed by atoms with E-state index in [1.807, 2.05) is 43.1 Å². The average Bonchev–Trinajstić information content (AvgIpc) is 2.80. The molecule has 0 aliphatic carbocycles. The summed E-state index contributed by atoms with van der Waals surface area (Å²) in [4.78, 5) is 31.3. The molecule has 3 rings (SSSR count). The number of nitrogens with zero attached hydrogens (tertiary/aromatic N) is 3. The fraction of sp³-hybridized carbons (Fsp3) is 0.636. The molecule has 148 valence electrons. The number of hydrogen-bond donors (Lipinski definition) is 0. The Morgan fingerprint density at radius 1 is 1.07 bits per heavy atom. The van der Waals surface area contributed by atoms with E-state index in [2.05, 4.69) is 16.8 Å². The molecule has 2 fully saturated rings. The van der Waals surface area contributed by atoms with Gasteiger partial charge in [0, 0.05) is 57.2 Å². The molecule has 2 saturated heterocycles. The van der Waals surface area contributed by atoms with Crippen LogP contribution in [0.15, 0.2) is 24.3 Å². The molecule has 27 heavy (non-hydrogen) atoms. The van der Waals surface area contributed by atoms with Gasteiger partial charge >= 0.3 is 0 Å². The maximum atomic E-state index is 12.4. The van der Waals surface area contributed by atoms with E-state index in [-0.39, 0.29) is 17.2 Å².